The van der Waals surface area contributed by atoms with E-state index < -0.39 is 18.3 Å². The van der Waals surface area contributed by atoms with Gasteiger partial charge in [0.05, 0.1) is 18.4 Å². The molecule has 108 valence electrons. The van der Waals surface area contributed by atoms with Crippen LogP contribution in [0, 0.1) is 0 Å². The third kappa shape index (κ3) is 2.14. The molecule has 2 aromatic rings. The summed E-state index contributed by atoms with van der Waals surface area (Å²) < 4.78 is 42.1. The first-order chi connectivity index (χ1) is 9.49. The number of hydrogen-bond acceptors (Lipinski definition) is 3. The highest BCUT2D eigenvalue weighted by atomic mass is 19.4. The largest absolute Gasteiger partial charge is 0.410 e. The Balaban J connectivity index is 1.93. The van der Waals surface area contributed by atoms with Crippen LogP contribution in [0.3, 0.4) is 0 Å². The molecule has 3 rings (SSSR count). The fourth-order valence-corrected chi connectivity index (χ4v) is 2.46. The quantitative estimate of drug-likeness (QED) is 0.923. The van der Waals surface area contributed by atoms with Crippen molar-refractivity contribution < 1.29 is 13.2 Å². The van der Waals surface area contributed by atoms with Crippen LogP contribution >= 0.6 is 0 Å². The molecule has 0 amide bonds. The summed E-state index contributed by atoms with van der Waals surface area (Å²) in [5.74, 6) is 0.382. The van der Waals surface area contributed by atoms with Crippen LogP contribution in [-0.4, -0.2) is 25.7 Å². The first-order valence-electron chi connectivity index (χ1n) is 6.38. The average molecular weight is 285 g/mol. The van der Waals surface area contributed by atoms with Gasteiger partial charge in [0.25, 0.3) is 0 Å². The first-order valence-corrected chi connectivity index (χ1v) is 6.38. The Labute approximate surface area is 113 Å². The van der Waals surface area contributed by atoms with Crippen LogP contribution in [0.5, 0.6) is 0 Å². The first kappa shape index (κ1) is 13.0. The summed E-state index contributed by atoms with van der Waals surface area (Å²) in [5, 5.41) is 11.0. The van der Waals surface area contributed by atoms with E-state index in [9.17, 15) is 13.2 Å². The normalized spacial score (nSPS) is 22.4. The summed E-state index contributed by atoms with van der Waals surface area (Å²) in [5.41, 5.74) is 0.758. The van der Waals surface area contributed by atoms with Gasteiger partial charge < -0.3 is 5.32 Å². The molecule has 1 aliphatic rings. The maximum Gasteiger partial charge on any atom is 0.410 e. The van der Waals surface area contributed by atoms with Crippen molar-refractivity contribution in [3.8, 4) is 0 Å². The highest BCUT2D eigenvalue weighted by molar-refractivity contribution is 5.40. The number of aromatic nitrogens is 4. The fourth-order valence-electron chi connectivity index (χ4n) is 2.46. The lowest BCUT2D eigenvalue weighted by Gasteiger charge is -2.32. The maximum atomic E-state index is 13.1. The molecule has 0 bridgehead atoms. The minimum absolute atomic E-state index is 0.0897. The van der Waals surface area contributed by atoms with Crippen LogP contribution in [0.4, 0.5) is 19.0 Å². The van der Waals surface area contributed by atoms with E-state index in [1.807, 2.05) is 6.92 Å². The highest BCUT2D eigenvalue weighted by Crippen LogP contribution is 2.42. The highest BCUT2D eigenvalue weighted by Gasteiger charge is 2.46. The lowest BCUT2D eigenvalue weighted by Crippen LogP contribution is -2.35. The Morgan fingerprint density at radius 3 is 2.85 bits per heavy atom. The smallest absolute Gasteiger partial charge is 0.363 e. The number of fused-ring (bicyclic) bond motifs is 1. The van der Waals surface area contributed by atoms with Gasteiger partial charge in [-0.1, -0.05) is 0 Å². The van der Waals surface area contributed by atoms with Gasteiger partial charge in [0.15, 0.2) is 6.04 Å². The molecule has 0 saturated carbocycles. The topological polar surface area (TPSA) is 47.7 Å². The van der Waals surface area contributed by atoms with E-state index in [1.165, 1.54) is 6.20 Å². The molecule has 0 fully saturated rings. The Hall–Kier alpha value is -1.99. The van der Waals surface area contributed by atoms with Gasteiger partial charge in [0.2, 0.25) is 0 Å². The van der Waals surface area contributed by atoms with Crippen molar-refractivity contribution in [3.63, 3.8) is 0 Å². The van der Waals surface area contributed by atoms with E-state index in [2.05, 4.69) is 15.5 Å². The molecule has 20 heavy (non-hydrogen) atoms. The predicted molar refractivity (Wildman–Crippen MR) is 66.2 cm³/mol. The molecule has 2 aromatic heterocycles. The predicted octanol–water partition coefficient (Wildman–Crippen LogP) is 2.76. The second kappa shape index (κ2) is 4.53. The van der Waals surface area contributed by atoms with E-state index >= 15 is 0 Å². The van der Waals surface area contributed by atoms with Crippen molar-refractivity contribution >= 4 is 5.82 Å². The summed E-state index contributed by atoms with van der Waals surface area (Å²) in [7, 11) is 0. The lowest BCUT2D eigenvalue weighted by molar-refractivity contribution is -0.173. The van der Waals surface area contributed by atoms with Gasteiger partial charge in [-0.25, -0.2) is 4.68 Å². The Kier molecular flexibility index (Phi) is 2.95. The van der Waals surface area contributed by atoms with Crippen molar-refractivity contribution in [2.45, 2.75) is 38.1 Å². The number of alkyl halides is 3. The van der Waals surface area contributed by atoms with Crippen molar-refractivity contribution in [1.29, 1.82) is 0 Å². The summed E-state index contributed by atoms with van der Waals surface area (Å²) >= 11 is 0. The molecule has 2 atom stereocenters. The van der Waals surface area contributed by atoms with Gasteiger partial charge in [-0.3, -0.25) is 4.68 Å². The van der Waals surface area contributed by atoms with Gasteiger partial charge in [0, 0.05) is 30.8 Å². The van der Waals surface area contributed by atoms with Crippen molar-refractivity contribution in [2.24, 2.45) is 0 Å². The Bertz CT molecular complexity index is 600. The molecule has 3 heterocycles. The number of hydrogen-bond donors (Lipinski definition) is 1. The number of nitrogens with zero attached hydrogens (tertiary/aromatic N) is 4. The van der Waals surface area contributed by atoms with Gasteiger partial charge in [-0.15, -0.1) is 0 Å². The van der Waals surface area contributed by atoms with Crippen molar-refractivity contribution in [3.05, 3.63) is 30.2 Å². The van der Waals surface area contributed by atoms with E-state index in [1.54, 1.807) is 23.1 Å². The van der Waals surface area contributed by atoms with Crippen LogP contribution < -0.4 is 5.32 Å². The maximum absolute atomic E-state index is 13.1. The summed E-state index contributed by atoms with van der Waals surface area (Å²) in [6.07, 6.45) is 0.353. The van der Waals surface area contributed by atoms with E-state index in [4.69, 9.17) is 0 Å². The van der Waals surface area contributed by atoms with Gasteiger partial charge in [-0.2, -0.15) is 23.4 Å². The SMILES string of the molecule is CCn1cc(C2CC(C(F)(F)F)n3nccc3N2)cn1. The van der Waals surface area contributed by atoms with Gasteiger partial charge >= 0.3 is 6.18 Å². The molecule has 8 heteroatoms. The summed E-state index contributed by atoms with van der Waals surface area (Å²) in [4.78, 5) is 0. The molecule has 5 nitrogen and oxygen atoms in total. The average Bonchev–Trinajstić information content (AvgIpc) is 3.04. The molecule has 0 radical (unpaired) electrons. The Morgan fingerprint density at radius 1 is 1.40 bits per heavy atom. The number of rotatable bonds is 2. The third-order valence-corrected chi connectivity index (χ3v) is 3.50. The molecular formula is C12H14F3N5. The van der Waals surface area contributed by atoms with E-state index in [0.29, 0.717) is 12.4 Å². The molecule has 1 N–H and O–H groups in total. The van der Waals surface area contributed by atoms with Crippen molar-refractivity contribution in [1.82, 2.24) is 19.6 Å². The number of nitrogens with one attached hydrogen (secondary N) is 1. The van der Waals surface area contributed by atoms with Crippen LogP contribution in [0.15, 0.2) is 24.7 Å². The van der Waals surface area contributed by atoms with Crippen LogP contribution in [-0.2, 0) is 6.54 Å². The number of halogens is 3. The minimum atomic E-state index is -4.32. The molecule has 0 aliphatic carbocycles. The molecule has 1 aliphatic heterocycles. The van der Waals surface area contributed by atoms with Crippen LogP contribution in [0.25, 0.3) is 0 Å². The number of anilines is 1. The van der Waals surface area contributed by atoms with Crippen LogP contribution in [0.2, 0.25) is 0 Å². The molecule has 0 spiro atoms. The second-order valence-corrected chi connectivity index (χ2v) is 4.78. The lowest BCUT2D eigenvalue weighted by atomic mass is 9.99. The molecule has 0 aromatic carbocycles. The fraction of sp³-hybridized carbons (Fsp3) is 0.500. The van der Waals surface area contributed by atoms with Crippen molar-refractivity contribution in [2.75, 3.05) is 5.32 Å². The summed E-state index contributed by atoms with van der Waals surface area (Å²) in [6, 6.07) is -0.468. The third-order valence-electron chi connectivity index (χ3n) is 3.50. The molecule has 0 saturated heterocycles. The molecule has 2 unspecified atom stereocenters. The van der Waals surface area contributed by atoms with Gasteiger partial charge in [0.1, 0.15) is 5.82 Å². The second-order valence-electron chi connectivity index (χ2n) is 4.78. The minimum Gasteiger partial charge on any atom is -0.363 e. The summed E-state index contributed by atoms with van der Waals surface area (Å²) in [6.45, 7) is 2.62. The van der Waals surface area contributed by atoms with Crippen LogP contribution in [0.1, 0.15) is 31.0 Å². The van der Waals surface area contributed by atoms with Gasteiger partial charge in [-0.05, 0) is 6.92 Å². The van der Waals surface area contributed by atoms with E-state index in [-0.39, 0.29) is 6.42 Å². The monoisotopic (exact) mass is 285 g/mol. The molecular weight excluding hydrogens is 271 g/mol. The zero-order chi connectivity index (χ0) is 14.3. The zero-order valence-electron chi connectivity index (χ0n) is 10.8. The zero-order valence-corrected chi connectivity index (χ0v) is 10.8. The number of aryl methyl sites for hydroxylation is 1. The van der Waals surface area contributed by atoms with E-state index in [0.717, 1.165) is 10.2 Å². The standard InChI is InChI=1S/C12H14F3N5/c1-2-19-7-8(6-17-19)9-5-10(12(13,14)15)20-11(18-9)3-4-16-20/h3-4,6-7,9-10,18H,2,5H2,1H3. The Morgan fingerprint density at radius 2 is 2.20 bits per heavy atom.